The van der Waals surface area contributed by atoms with Gasteiger partial charge < -0.3 is 10.2 Å². The summed E-state index contributed by atoms with van der Waals surface area (Å²) in [4.78, 5) is 16.3. The summed E-state index contributed by atoms with van der Waals surface area (Å²) in [6, 6.07) is 8.43. The van der Waals surface area contributed by atoms with Crippen molar-refractivity contribution in [2.45, 2.75) is 32.1 Å². The molecule has 1 aliphatic carbocycles. The summed E-state index contributed by atoms with van der Waals surface area (Å²) in [7, 11) is 0. The van der Waals surface area contributed by atoms with Crippen LogP contribution in [0.2, 0.25) is 0 Å². The highest BCUT2D eigenvalue weighted by atomic mass is 32.1. The molecule has 4 aromatic heterocycles. The number of hydrogen-bond acceptors (Lipinski definition) is 7. The molecule has 6 rings (SSSR count). The molecule has 0 radical (unpaired) electrons. The Bertz CT molecular complexity index is 1190. The molecule has 30 heavy (non-hydrogen) atoms. The summed E-state index contributed by atoms with van der Waals surface area (Å²) in [5.41, 5.74) is 4.56. The maximum Gasteiger partial charge on any atom is 0.227 e. The Labute approximate surface area is 178 Å². The number of aryl methyl sites for hydroxylation is 1. The van der Waals surface area contributed by atoms with Crippen LogP contribution in [0.4, 0.5) is 17.6 Å². The fourth-order valence-electron chi connectivity index (χ4n) is 4.02. The van der Waals surface area contributed by atoms with Crippen molar-refractivity contribution >= 4 is 39.1 Å². The maximum absolute atomic E-state index is 4.86. The van der Waals surface area contributed by atoms with E-state index in [1.54, 1.807) is 11.3 Å². The fraction of sp³-hybridized carbons (Fsp3) is 0.364. The van der Waals surface area contributed by atoms with Crippen LogP contribution in [0.1, 0.15) is 35.7 Å². The Morgan fingerprint density at radius 2 is 2.10 bits per heavy atom. The molecular formula is C22H23N7S. The number of hydrogen-bond donors (Lipinski definition) is 2. The van der Waals surface area contributed by atoms with Crippen molar-refractivity contribution in [2.24, 2.45) is 5.92 Å². The molecule has 7 nitrogen and oxygen atoms in total. The molecular weight excluding hydrogens is 394 g/mol. The second-order valence-corrected chi connectivity index (χ2v) is 9.31. The number of aromatic amines is 1. The fourth-order valence-corrected chi connectivity index (χ4v) is 4.79. The van der Waals surface area contributed by atoms with Gasteiger partial charge in [0.15, 0.2) is 11.6 Å². The molecule has 1 aliphatic heterocycles. The minimum Gasteiger partial charge on any atom is -0.340 e. The van der Waals surface area contributed by atoms with Crippen molar-refractivity contribution in [1.29, 1.82) is 0 Å². The van der Waals surface area contributed by atoms with Crippen LogP contribution in [-0.4, -0.2) is 38.2 Å². The van der Waals surface area contributed by atoms with E-state index >= 15 is 0 Å². The predicted octanol–water partition coefficient (Wildman–Crippen LogP) is 4.42. The largest absolute Gasteiger partial charge is 0.340 e. The van der Waals surface area contributed by atoms with E-state index in [0.717, 1.165) is 53.0 Å². The second-order valence-electron chi connectivity index (χ2n) is 8.40. The van der Waals surface area contributed by atoms with Gasteiger partial charge in [0.25, 0.3) is 0 Å². The first kappa shape index (κ1) is 17.8. The van der Waals surface area contributed by atoms with E-state index in [9.17, 15) is 0 Å². The molecule has 0 spiro atoms. The van der Waals surface area contributed by atoms with Crippen LogP contribution >= 0.6 is 11.3 Å². The summed E-state index contributed by atoms with van der Waals surface area (Å²) in [5.74, 6) is 3.71. The van der Waals surface area contributed by atoms with Gasteiger partial charge in [0, 0.05) is 42.7 Å². The van der Waals surface area contributed by atoms with Crippen molar-refractivity contribution in [1.82, 2.24) is 25.1 Å². The molecule has 1 saturated heterocycles. The Hall–Kier alpha value is -3.00. The van der Waals surface area contributed by atoms with E-state index in [0.29, 0.717) is 11.8 Å². The van der Waals surface area contributed by atoms with Gasteiger partial charge in [0.05, 0.1) is 10.2 Å². The summed E-state index contributed by atoms with van der Waals surface area (Å²) < 4.78 is 1.07. The minimum atomic E-state index is 0.611. The van der Waals surface area contributed by atoms with Crippen molar-refractivity contribution in [3.63, 3.8) is 0 Å². The Balaban J connectivity index is 1.19. The average molecular weight is 418 g/mol. The van der Waals surface area contributed by atoms with Gasteiger partial charge in [-0.25, -0.2) is 4.98 Å². The van der Waals surface area contributed by atoms with Crippen molar-refractivity contribution in [2.75, 3.05) is 23.3 Å². The molecule has 152 valence electrons. The molecule has 1 saturated carbocycles. The lowest BCUT2D eigenvalue weighted by molar-refractivity contribution is 0.402. The zero-order valence-corrected chi connectivity index (χ0v) is 17.6. The predicted molar refractivity (Wildman–Crippen MR) is 120 cm³/mol. The number of pyridine rings is 1. The molecule has 8 heteroatoms. The number of fused-ring (bicyclic) bond motifs is 1. The number of H-pyrrole nitrogens is 1. The van der Waals surface area contributed by atoms with Crippen molar-refractivity contribution in [3.8, 4) is 0 Å². The molecule has 0 aromatic carbocycles. The third-order valence-corrected chi connectivity index (χ3v) is 6.80. The monoisotopic (exact) mass is 417 g/mol. The van der Waals surface area contributed by atoms with Gasteiger partial charge in [-0.05, 0) is 55.2 Å². The topological polar surface area (TPSA) is 82.6 Å². The lowest BCUT2D eigenvalue weighted by Gasteiger charge is -2.39. The standard InChI is InChI=1S/C22H23N7S/c1-13-2-3-14(10-23-13)8-15-11-29(12-15)22-24-17-6-7-30-20(17)21(26-22)25-19-9-18(27-28-19)16-4-5-16/h2-3,6-7,9-10,15-16H,4-5,8,11-12H2,1H3,(H2,24,25,26,27,28). The molecule has 2 fully saturated rings. The molecule has 2 aliphatic rings. The van der Waals surface area contributed by atoms with Gasteiger partial charge in [-0.1, -0.05) is 6.07 Å². The molecule has 0 amide bonds. The van der Waals surface area contributed by atoms with E-state index in [2.05, 4.69) is 55.0 Å². The van der Waals surface area contributed by atoms with Crippen LogP contribution in [0.15, 0.2) is 35.8 Å². The van der Waals surface area contributed by atoms with E-state index in [-0.39, 0.29) is 0 Å². The highest BCUT2D eigenvalue weighted by Crippen LogP contribution is 2.40. The zero-order chi connectivity index (χ0) is 20.1. The molecule has 2 N–H and O–H groups in total. The van der Waals surface area contributed by atoms with Crippen LogP contribution in [-0.2, 0) is 6.42 Å². The number of anilines is 3. The third-order valence-electron chi connectivity index (χ3n) is 5.89. The van der Waals surface area contributed by atoms with E-state index < -0.39 is 0 Å². The van der Waals surface area contributed by atoms with Gasteiger partial charge in [0.1, 0.15) is 0 Å². The minimum absolute atomic E-state index is 0.611. The number of aromatic nitrogens is 5. The normalized spacial score (nSPS) is 16.8. The van der Waals surface area contributed by atoms with Crippen LogP contribution in [0.3, 0.4) is 0 Å². The molecule has 5 heterocycles. The summed E-state index contributed by atoms with van der Waals surface area (Å²) in [5, 5.41) is 13.1. The van der Waals surface area contributed by atoms with Gasteiger partial charge in [0.2, 0.25) is 5.95 Å². The summed E-state index contributed by atoms with van der Waals surface area (Å²) in [6.07, 6.45) is 5.55. The van der Waals surface area contributed by atoms with E-state index in [1.807, 2.05) is 13.1 Å². The van der Waals surface area contributed by atoms with Gasteiger partial charge >= 0.3 is 0 Å². The van der Waals surface area contributed by atoms with Crippen molar-refractivity contribution < 1.29 is 0 Å². The van der Waals surface area contributed by atoms with E-state index in [1.165, 1.54) is 24.1 Å². The molecule has 4 aromatic rings. The van der Waals surface area contributed by atoms with Crippen molar-refractivity contribution in [3.05, 3.63) is 52.8 Å². The quantitative estimate of drug-likeness (QED) is 0.483. The highest BCUT2D eigenvalue weighted by Gasteiger charge is 2.30. The summed E-state index contributed by atoms with van der Waals surface area (Å²) in [6.45, 7) is 3.96. The third kappa shape index (κ3) is 3.41. The lowest BCUT2D eigenvalue weighted by Crippen LogP contribution is -2.48. The number of nitrogens with zero attached hydrogens (tertiary/aromatic N) is 5. The van der Waals surface area contributed by atoms with Crippen LogP contribution < -0.4 is 10.2 Å². The molecule has 0 atom stereocenters. The zero-order valence-electron chi connectivity index (χ0n) is 16.8. The number of thiophene rings is 1. The number of nitrogens with one attached hydrogen (secondary N) is 2. The Morgan fingerprint density at radius 3 is 2.90 bits per heavy atom. The first-order chi connectivity index (χ1) is 14.7. The smallest absolute Gasteiger partial charge is 0.227 e. The first-order valence-electron chi connectivity index (χ1n) is 10.5. The number of rotatable bonds is 6. The Kier molecular flexibility index (Phi) is 4.19. The molecule has 0 unspecified atom stereocenters. The lowest BCUT2D eigenvalue weighted by atomic mass is 9.93. The summed E-state index contributed by atoms with van der Waals surface area (Å²) >= 11 is 1.66. The Morgan fingerprint density at radius 1 is 1.20 bits per heavy atom. The van der Waals surface area contributed by atoms with Gasteiger partial charge in [-0.2, -0.15) is 10.1 Å². The van der Waals surface area contributed by atoms with Crippen LogP contribution in [0.25, 0.3) is 10.2 Å². The maximum atomic E-state index is 4.86. The van der Waals surface area contributed by atoms with Crippen LogP contribution in [0.5, 0.6) is 0 Å². The van der Waals surface area contributed by atoms with Gasteiger partial charge in [-0.15, -0.1) is 11.3 Å². The second kappa shape index (κ2) is 7.05. The van der Waals surface area contributed by atoms with Crippen LogP contribution in [0, 0.1) is 12.8 Å². The first-order valence-corrected chi connectivity index (χ1v) is 11.3. The van der Waals surface area contributed by atoms with Gasteiger partial charge in [-0.3, -0.25) is 10.1 Å². The SMILES string of the molecule is Cc1ccc(CC2CN(c3nc(Nc4cc(C5CC5)[nH]n4)c4sccc4n3)C2)cn1. The molecule has 0 bridgehead atoms. The average Bonchev–Trinajstić information content (AvgIpc) is 3.27. The van der Waals surface area contributed by atoms with E-state index in [4.69, 9.17) is 9.97 Å². The highest BCUT2D eigenvalue weighted by molar-refractivity contribution is 7.17.